The van der Waals surface area contributed by atoms with Gasteiger partial charge in [0, 0.05) is 42.5 Å². The third-order valence-electron chi connectivity index (χ3n) is 7.04. The lowest BCUT2D eigenvalue weighted by molar-refractivity contribution is 0.0511. The number of rotatable bonds is 18. The number of hydrogen-bond acceptors (Lipinski definition) is 12. The van der Waals surface area contributed by atoms with Gasteiger partial charge in [-0.3, -0.25) is 4.79 Å². The Bertz CT molecular complexity index is 1320. The fourth-order valence-corrected chi connectivity index (χ4v) is 4.88. The van der Waals surface area contributed by atoms with Crippen molar-refractivity contribution in [1.82, 2.24) is 20.3 Å². The molecule has 1 aliphatic carbocycles. The summed E-state index contributed by atoms with van der Waals surface area (Å²) in [7, 11) is 3.22. The van der Waals surface area contributed by atoms with E-state index in [2.05, 4.69) is 36.2 Å². The Labute approximate surface area is 258 Å². The largest absolute Gasteiger partial charge is 0.493 e. The molecule has 13 heteroatoms. The summed E-state index contributed by atoms with van der Waals surface area (Å²) >= 11 is 0. The molecule has 44 heavy (non-hydrogen) atoms. The Morgan fingerprint density at radius 3 is 2.41 bits per heavy atom. The van der Waals surface area contributed by atoms with Crippen molar-refractivity contribution in [1.29, 1.82) is 0 Å². The second-order valence-corrected chi connectivity index (χ2v) is 10.3. The molecular weight excluding hydrogens is 564 g/mol. The average Bonchev–Trinajstić information content (AvgIpc) is 3.05. The van der Waals surface area contributed by atoms with Crippen molar-refractivity contribution in [2.75, 3.05) is 69.7 Å². The summed E-state index contributed by atoms with van der Waals surface area (Å²) in [4.78, 5) is 26.7. The standard InChI is InChI=1S/C31H44N8O5/c1-41-26-13-7-9-23(27(26)42-2)21-34-29-37-30(35-24-10-4-3-5-11-24)39-31(38-29)36-25-12-6-8-22(20-25)28(40)33-15-17-44-19-18-43-16-14-32/h6-9,12-13,20,24H,3-5,10-11,14-19,21,32H2,1-2H3,(H,33,40)(H3,34,35,36,37,38,39). The second-order valence-electron chi connectivity index (χ2n) is 10.3. The maximum absolute atomic E-state index is 12.8. The molecule has 1 fully saturated rings. The fourth-order valence-electron chi connectivity index (χ4n) is 4.88. The number of hydrogen-bond donors (Lipinski definition) is 5. The number of carbonyl (C=O) groups excluding carboxylic acids is 1. The number of nitrogens with zero attached hydrogens (tertiary/aromatic N) is 3. The van der Waals surface area contributed by atoms with E-state index in [1.807, 2.05) is 24.3 Å². The van der Waals surface area contributed by atoms with Crippen molar-refractivity contribution in [2.24, 2.45) is 5.73 Å². The van der Waals surface area contributed by atoms with Crippen molar-refractivity contribution < 1.29 is 23.7 Å². The van der Waals surface area contributed by atoms with Crippen molar-refractivity contribution >= 4 is 29.4 Å². The topological polar surface area (TPSA) is 167 Å². The number of nitrogens with one attached hydrogen (secondary N) is 4. The van der Waals surface area contributed by atoms with Gasteiger partial charge in [-0.25, -0.2) is 0 Å². The second kappa shape index (κ2) is 17.8. The summed E-state index contributed by atoms with van der Waals surface area (Å²) in [5.41, 5.74) is 7.45. The van der Waals surface area contributed by atoms with Crippen LogP contribution in [0.2, 0.25) is 0 Å². The number of nitrogens with two attached hydrogens (primary N) is 1. The summed E-state index contributed by atoms with van der Waals surface area (Å²) in [6.07, 6.45) is 5.75. The van der Waals surface area contributed by atoms with Crippen LogP contribution in [0.25, 0.3) is 0 Å². The highest BCUT2D eigenvalue weighted by atomic mass is 16.5. The average molecular weight is 609 g/mol. The summed E-state index contributed by atoms with van der Waals surface area (Å²) in [5.74, 6) is 2.31. The van der Waals surface area contributed by atoms with E-state index in [1.165, 1.54) is 19.3 Å². The molecule has 1 amide bonds. The lowest BCUT2D eigenvalue weighted by Gasteiger charge is -2.23. The molecule has 0 saturated heterocycles. The Kier molecular flexibility index (Phi) is 13.2. The number of anilines is 4. The van der Waals surface area contributed by atoms with Crippen LogP contribution in [0.15, 0.2) is 42.5 Å². The molecule has 0 aliphatic heterocycles. The lowest BCUT2D eigenvalue weighted by Crippen LogP contribution is -2.27. The minimum absolute atomic E-state index is 0.207. The van der Waals surface area contributed by atoms with Crippen LogP contribution in [-0.4, -0.2) is 80.6 Å². The summed E-state index contributed by atoms with van der Waals surface area (Å²) in [5, 5.41) is 12.9. The van der Waals surface area contributed by atoms with Gasteiger partial charge in [-0.15, -0.1) is 0 Å². The minimum atomic E-state index is -0.207. The summed E-state index contributed by atoms with van der Waals surface area (Å²) in [6.45, 7) is 3.08. The first-order chi connectivity index (χ1) is 21.6. The van der Waals surface area contributed by atoms with Gasteiger partial charge in [0.05, 0.1) is 40.6 Å². The van der Waals surface area contributed by atoms with Gasteiger partial charge in [-0.1, -0.05) is 37.5 Å². The van der Waals surface area contributed by atoms with Crippen LogP contribution < -0.4 is 36.5 Å². The number of methoxy groups -OCH3 is 2. The highest BCUT2D eigenvalue weighted by Crippen LogP contribution is 2.31. The molecule has 0 radical (unpaired) electrons. The van der Waals surface area contributed by atoms with Crippen LogP contribution in [0.5, 0.6) is 11.5 Å². The number of carbonyl (C=O) groups is 1. The predicted molar refractivity (Wildman–Crippen MR) is 170 cm³/mol. The molecule has 6 N–H and O–H groups in total. The molecule has 1 saturated carbocycles. The Morgan fingerprint density at radius 2 is 1.64 bits per heavy atom. The molecule has 4 rings (SSSR count). The van der Waals surface area contributed by atoms with Gasteiger partial charge in [0.1, 0.15) is 0 Å². The molecule has 0 atom stereocenters. The van der Waals surface area contributed by atoms with Crippen LogP contribution in [0.1, 0.15) is 48.0 Å². The Balaban J connectivity index is 1.42. The molecule has 1 aliphatic rings. The molecule has 2 aromatic carbocycles. The molecule has 3 aromatic rings. The first-order valence-corrected chi connectivity index (χ1v) is 15.1. The molecule has 238 valence electrons. The van der Waals surface area contributed by atoms with E-state index in [4.69, 9.17) is 24.7 Å². The molecule has 1 aromatic heterocycles. The van der Waals surface area contributed by atoms with Crippen LogP contribution in [-0.2, 0) is 16.0 Å². The van der Waals surface area contributed by atoms with Gasteiger partial charge in [-0.2, -0.15) is 15.0 Å². The molecule has 13 nitrogen and oxygen atoms in total. The van der Waals surface area contributed by atoms with Gasteiger partial charge in [0.25, 0.3) is 5.91 Å². The predicted octanol–water partition coefficient (Wildman–Crippen LogP) is 3.71. The first kappa shape index (κ1) is 32.7. The zero-order valence-electron chi connectivity index (χ0n) is 25.6. The molecule has 0 bridgehead atoms. The van der Waals surface area contributed by atoms with E-state index in [0.717, 1.165) is 18.4 Å². The molecule has 1 heterocycles. The zero-order chi connectivity index (χ0) is 31.0. The summed E-state index contributed by atoms with van der Waals surface area (Å²) in [6, 6.07) is 13.2. The Morgan fingerprint density at radius 1 is 0.886 bits per heavy atom. The summed E-state index contributed by atoms with van der Waals surface area (Å²) < 4.78 is 21.8. The third-order valence-corrected chi connectivity index (χ3v) is 7.04. The maximum atomic E-state index is 12.8. The van der Waals surface area contributed by atoms with E-state index >= 15 is 0 Å². The van der Waals surface area contributed by atoms with Crippen LogP contribution in [0, 0.1) is 0 Å². The van der Waals surface area contributed by atoms with Crippen molar-refractivity contribution in [3.05, 3.63) is 53.6 Å². The zero-order valence-corrected chi connectivity index (χ0v) is 25.6. The third kappa shape index (κ3) is 10.2. The molecular formula is C31H44N8O5. The van der Waals surface area contributed by atoms with Crippen molar-refractivity contribution in [2.45, 2.75) is 44.7 Å². The van der Waals surface area contributed by atoms with E-state index in [1.54, 1.807) is 32.4 Å². The van der Waals surface area contributed by atoms with E-state index in [9.17, 15) is 4.79 Å². The first-order valence-electron chi connectivity index (χ1n) is 15.1. The lowest BCUT2D eigenvalue weighted by atomic mass is 9.96. The van der Waals surface area contributed by atoms with E-state index in [0.29, 0.717) is 92.7 Å². The highest BCUT2D eigenvalue weighted by Gasteiger charge is 2.17. The number of benzene rings is 2. The SMILES string of the molecule is COc1cccc(CNc2nc(Nc3cccc(C(=O)NCCOCCOCCN)c3)nc(NC3CCCCC3)n2)c1OC. The normalized spacial score (nSPS) is 13.2. The van der Waals surface area contributed by atoms with Gasteiger partial charge < -0.3 is 45.9 Å². The molecule has 0 spiro atoms. The molecule has 0 unspecified atom stereocenters. The number of ether oxygens (including phenoxy) is 4. The van der Waals surface area contributed by atoms with E-state index < -0.39 is 0 Å². The maximum Gasteiger partial charge on any atom is 0.251 e. The van der Waals surface area contributed by atoms with Gasteiger partial charge in [0.15, 0.2) is 11.5 Å². The van der Waals surface area contributed by atoms with Gasteiger partial charge in [-0.05, 0) is 37.1 Å². The van der Waals surface area contributed by atoms with Gasteiger partial charge in [0.2, 0.25) is 17.8 Å². The Hall–Kier alpha value is -4.20. The highest BCUT2D eigenvalue weighted by molar-refractivity contribution is 5.95. The number of para-hydroxylation sites is 1. The minimum Gasteiger partial charge on any atom is -0.493 e. The van der Waals surface area contributed by atoms with Gasteiger partial charge >= 0.3 is 0 Å². The van der Waals surface area contributed by atoms with Crippen molar-refractivity contribution in [3.63, 3.8) is 0 Å². The van der Waals surface area contributed by atoms with Crippen LogP contribution >= 0.6 is 0 Å². The van der Waals surface area contributed by atoms with Crippen LogP contribution in [0.4, 0.5) is 23.5 Å². The number of aromatic nitrogens is 3. The fraction of sp³-hybridized carbons (Fsp3) is 0.484. The monoisotopic (exact) mass is 608 g/mol. The smallest absolute Gasteiger partial charge is 0.251 e. The van der Waals surface area contributed by atoms with Crippen LogP contribution in [0.3, 0.4) is 0 Å². The number of amides is 1. The van der Waals surface area contributed by atoms with E-state index in [-0.39, 0.29) is 5.91 Å². The van der Waals surface area contributed by atoms with Crippen molar-refractivity contribution in [3.8, 4) is 11.5 Å². The quantitative estimate of drug-likeness (QED) is 0.133.